The second-order valence-electron chi connectivity index (χ2n) is 4.88. The third kappa shape index (κ3) is 2.30. The molecular weight excluding hydrogens is 256 g/mol. The molecule has 2 N–H and O–H groups in total. The molecule has 20 heavy (non-hydrogen) atoms. The Morgan fingerprint density at radius 2 is 1.75 bits per heavy atom. The Labute approximate surface area is 117 Å². The van der Waals surface area contributed by atoms with Crippen LogP contribution in [0.25, 0.3) is 0 Å². The lowest BCUT2D eigenvalue weighted by atomic mass is 9.94. The third-order valence-electron chi connectivity index (χ3n) is 3.59. The standard InChI is InChI=1S/C16H16O4/c1-19-15-9-14(10-2-4-11(17)5-3-10)20-16-8-12(18)6-7-13(15)16/h2-8,14-15,17-18H,9H2,1H3. The summed E-state index contributed by atoms with van der Waals surface area (Å²) in [6.07, 6.45) is 0.465. The normalized spacial score (nSPS) is 21.1. The van der Waals surface area contributed by atoms with Gasteiger partial charge in [0.1, 0.15) is 23.4 Å². The van der Waals surface area contributed by atoms with Crippen molar-refractivity contribution in [3.05, 3.63) is 53.6 Å². The maximum Gasteiger partial charge on any atom is 0.129 e. The van der Waals surface area contributed by atoms with Gasteiger partial charge in [-0.2, -0.15) is 0 Å². The van der Waals surface area contributed by atoms with Gasteiger partial charge in [0.15, 0.2) is 0 Å². The molecule has 0 aromatic heterocycles. The van der Waals surface area contributed by atoms with Gasteiger partial charge in [-0.1, -0.05) is 12.1 Å². The molecule has 3 rings (SSSR count). The summed E-state index contributed by atoms with van der Waals surface area (Å²) in [6, 6.07) is 12.0. The monoisotopic (exact) mass is 272 g/mol. The van der Waals surface area contributed by atoms with E-state index < -0.39 is 0 Å². The Bertz CT molecular complexity index is 606. The molecule has 0 saturated carbocycles. The SMILES string of the molecule is COC1CC(c2ccc(O)cc2)Oc2cc(O)ccc21. The van der Waals surface area contributed by atoms with Gasteiger partial charge in [0.05, 0.1) is 6.10 Å². The van der Waals surface area contributed by atoms with Crippen LogP contribution in [0.1, 0.15) is 29.8 Å². The first kappa shape index (κ1) is 12.8. The van der Waals surface area contributed by atoms with Gasteiger partial charge in [0, 0.05) is 25.2 Å². The van der Waals surface area contributed by atoms with Crippen LogP contribution in [0.3, 0.4) is 0 Å². The molecule has 4 nitrogen and oxygen atoms in total. The highest BCUT2D eigenvalue weighted by atomic mass is 16.5. The van der Waals surface area contributed by atoms with Crippen LogP contribution in [0.4, 0.5) is 0 Å². The molecule has 0 radical (unpaired) electrons. The fourth-order valence-electron chi connectivity index (χ4n) is 2.53. The molecule has 104 valence electrons. The van der Waals surface area contributed by atoms with E-state index in [1.165, 1.54) is 0 Å². The summed E-state index contributed by atoms with van der Waals surface area (Å²) in [5.41, 5.74) is 1.92. The fraction of sp³-hybridized carbons (Fsp3) is 0.250. The van der Waals surface area contributed by atoms with E-state index in [9.17, 15) is 10.2 Å². The van der Waals surface area contributed by atoms with E-state index in [-0.39, 0.29) is 23.7 Å². The molecule has 0 bridgehead atoms. The van der Waals surface area contributed by atoms with Crippen LogP contribution in [-0.2, 0) is 4.74 Å². The summed E-state index contributed by atoms with van der Waals surface area (Å²) in [5.74, 6) is 1.04. The Kier molecular flexibility index (Phi) is 3.24. The van der Waals surface area contributed by atoms with Crippen LogP contribution in [0.15, 0.2) is 42.5 Å². The van der Waals surface area contributed by atoms with E-state index >= 15 is 0 Å². The summed E-state index contributed by atoms with van der Waals surface area (Å²) in [5, 5.41) is 18.9. The number of benzene rings is 2. The van der Waals surface area contributed by atoms with Crippen LogP contribution in [0, 0.1) is 0 Å². The lowest BCUT2D eigenvalue weighted by Gasteiger charge is -2.31. The molecule has 1 aliphatic rings. The van der Waals surface area contributed by atoms with Gasteiger partial charge < -0.3 is 19.7 Å². The average molecular weight is 272 g/mol. The first-order valence-electron chi connectivity index (χ1n) is 6.48. The van der Waals surface area contributed by atoms with Gasteiger partial charge in [-0.05, 0) is 29.8 Å². The molecule has 2 atom stereocenters. The number of rotatable bonds is 2. The summed E-state index contributed by atoms with van der Waals surface area (Å²) in [4.78, 5) is 0. The molecule has 2 aromatic carbocycles. The summed E-state index contributed by atoms with van der Waals surface area (Å²) in [6.45, 7) is 0. The van der Waals surface area contributed by atoms with Crippen molar-refractivity contribution in [3.8, 4) is 17.2 Å². The second kappa shape index (κ2) is 5.06. The molecule has 0 fully saturated rings. The summed E-state index contributed by atoms with van der Waals surface area (Å²) < 4.78 is 11.5. The van der Waals surface area contributed by atoms with Gasteiger partial charge in [0.2, 0.25) is 0 Å². The van der Waals surface area contributed by atoms with Gasteiger partial charge >= 0.3 is 0 Å². The van der Waals surface area contributed by atoms with Crippen molar-refractivity contribution >= 4 is 0 Å². The minimum absolute atomic E-state index is 0.0712. The number of phenols is 2. The Balaban J connectivity index is 1.95. The second-order valence-corrected chi connectivity index (χ2v) is 4.88. The van der Waals surface area contributed by atoms with Crippen molar-refractivity contribution in [2.45, 2.75) is 18.6 Å². The number of hydrogen-bond acceptors (Lipinski definition) is 4. The van der Waals surface area contributed by atoms with Crippen molar-refractivity contribution in [2.75, 3.05) is 7.11 Å². The van der Waals surface area contributed by atoms with Crippen LogP contribution in [0.5, 0.6) is 17.2 Å². The number of hydrogen-bond donors (Lipinski definition) is 2. The lowest BCUT2D eigenvalue weighted by Crippen LogP contribution is -2.20. The third-order valence-corrected chi connectivity index (χ3v) is 3.59. The van der Waals surface area contributed by atoms with Crippen LogP contribution in [0.2, 0.25) is 0 Å². The average Bonchev–Trinajstić information content (AvgIpc) is 2.46. The zero-order valence-corrected chi connectivity index (χ0v) is 11.1. The highest BCUT2D eigenvalue weighted by Gasteiger charge is 2.29. The van der Waals surface area contributed by atoms with Crippen LogP contribution in [-0.4, -0.2) is 17.3 Å². The maximum atomic E-state index is 9.59. The van der Waals surface area contributed by atoms with Crippen molar-refractivity contribution in [1.29, 1.82) is 0 Å². The van der Waals surface area contributed by atoms with Crippen LogP contribution >= 0.6 is 0 Å². The van der Waals surface area contributed by atoms with E-state index in [1.54, 1.807) is 31.4 Å². The van der Waals surface area contributed by atoms with Gasteiger partial charge in [-0.15, -0.1) is 0 Å². The van der Waals surface area contributed by atoms with Crippen molar-refractivity contribution < 1.29 is 19.7 Å². The lowest BCUT2D eigenvalue weighted by molar-refractivity contribution is 0.0299. The quantitative estimate of drug-likeness (QED) is 0.880. The fourth-order valence-corrected chi connectivity index (χ4v) is 2.53. The minimum Gasteiger partial charge on any atom is -0.508 e. The zero-order valence-electron chi connectivity index (χ0n) is 11.1. The van der Waals surface area contributed by atoms with E-state index in [2.05, 4.69) is 0 Å². The first-order chi connectivity index (χ1) is 9.67. The molecule has 0 spiro atoms. The van der Waals surface area contributed by atoms with Gasteiger partial charge in [-0.3, -0.25) is 0 Å². The van der Waals surface area contributed by atoms with Gasteiger partial charge in [0.25, 0.3) is 0 Å². The molecule has 1 heterocycles. The number of aromatic hydroxyl groups is 2. The van der Waals surface area contributed by atoms with E-state index in [0.29, 0.717) is 12.2 Å². The van der Waals surface area contributed by atoms with E-state index in [4.69, 9.17) is 9.47 Å². The van der Waals surface area contributed by atoms with E-state index in [1.807, 2.05) is 18.2 Å². The maximum absolute atomic E-state index is 9.59. The molecule has 2 unspecified atom stereocenters. The molecule has 0 aliphatic carbocycles. The molecule has 1 aliphatic heterocycles. The Hall–Kier alpha value is -2.20. The van der Waals surface area contributed by atoms with Crippen molar-refractivity contribution in [3.63, 3.8) is 0 Å². The topological polar surface area (TPSA) is 58.9 Å². The molecule has 0 amide bonds. The molecule has 2 aromatic rings. The largest absolute Gasteiger partial charge is 0.508 e. The smallest absolute Gasteiger partial charge is 0.129 e. The van der Waals surface area contributed by atoms with Crippen molar-refractivity contribution in [1.82, 2.24) is 0 Å². The summed E-state index contributed by atoms with van der Waals surface area (Å²) in [7, 11) is 1.67. The van der Waals surface area contributed by atoms with Crippen LogP contribution < -0.4 is 4.74 Å². The Morgan fingerprint density at radius 3 is 2.45 bits per heavy atom. The molecular formula is C16H16O4. The predicted molar refractivity (Wildman–Crippen MR) is 73.9 cm³/mol. The number of ether oxygens (including phenoxy) is 2. The zero-order chi connectivity index (χ0) is 14.1. The number of methoxy groups -OCH3 is 1. The van der Waals surface area contributed by atoms with Gasteiger partial charge in [-0.25, -0.2) is 0 Å². The summed E-state index contributed by atoms with van der Waals surface area (Å²) >= 11 is 0. The minimum atomic E-state index is -0.158. The highest BCUT2D eigenvalue weighted by Crippen LogP contribution is 2.43. The highest BCUT2D eigenvalue weighted by molar-refractivity contribution is 5.44. The first-order valence-corrected chi connectivity index (χ1v) is 6.48. The predicted octanol–water partition coefficient (Wildman–Crippen LogP) is 3.31. The van der Waals surface area contributed by atoms with E-state index in [0.717, 1.165) is 11.1 Å². The Morgan fingerprint density at radius 1 is 1.05 bits per heavy atom. The van der Waals surface area contributed by atoms with Crippen molar-refractivity contribution in [2.24, 2.45) is 0 Å². The number of phenolic OH excluding ortho intramolecular Hbond substituents is 2. The molecule has 0 saturated heterocycles. The molecule has 4 heteroatoms. The number of fused-ring (bicyclic) bond motifs is 1.